The van der Waals surface area contributed by atoms with E-state index in [1.165, 1.54) is 6.92 Å². The molecule has 0 saturated carbocycles. The second-order valence-electron chi connectivity index (χ2n) is 2.54. The van der Waals surface area contributed by atoms with Crippen LogP contribution in [0.3, 0.4) is 0 Å². The average molecular weight is 142 g/mol. The maximum Gasteiger partial charge on any atom is 0.155 e. The minimum Gasteiger partial charge on any atom is -0.389 e. The summed E-state index contributed by atoms with van der Waals surface area (Å²) in [7, 11) is 0. The van der Waals surface area contributed by atoms with E-state index >= 15 is 0 Å². The summed E-state index contributed by atoms with van der Waals surface area (Å²) in [6, 6.07) is 0. The highest BCUT2D eigenvalue weighted by Crippen LogP contribution is 2.08. The van der Waals surface area contributed by atoms with E-state index in [-0.39, 0.29) is 5.78 Å². The van der Waals surface area contributed by atoms with Gasteiger partial charge in [0.25, 0.3) is 0 Å². The summed E-state index contributed by atoms with van der Waals surface area (Å²) in [5.41, 5.74) is 1.42. The zero-order valence-electron chi connectivity index (χ0n) is 6.93. The standard InChI is InChI=1S/C8H14O2/c1-5(7(3)9)6(2)8(4)10/h7,9H,1-4H3. The Kier molecular flexibility index (Phi) is 3.30. The summed E-state index contributed by atoms with van der Waals surface area (Å²) < 4.78 is 0. The van der Waals surface area contributed by atoms with Crippen LogP contribution in [0.5, 0.6) is 0 Å². The zero-order valence-corrected chi connectivity index (χ0v) is 6.93. The first-order chi connectivity index (χ1) is 4.46. The molecule has 0 aliphatic heterocycles. The summed E-state index contributed by atoms with van der Waals surface area (Å²) in [5.74, 6) is 0.0263. The third kappa shape index (κ3) is 2.31. The Morgan fingerprint density at radius 3 is 1.80 bits per heavy atom. The van der Waals surface area contributed by atoms with Gasteiger partial charge in [0, 0.05) is 0 Å². The summed E-state index contributed by atoms with van der Waals surface area (Å²) in [6.45, 7) is 6.65. The molecular weight excluding hydrogens is 128 g/mol. The van der Waals surface area contributed by atoms with Gasteiger partial charge in [-0.1, -0.05) is 0 Å². The molecule has 0 rings (SSSR count). The maximum atomic E-state index is 10.7. The van der Waals surface area contributed by atoms with Crippen molar-refractivity contribution >= 4 is 5.78 Å². The van der Waals surface area contributed by atoms with Gasteiger partial charge in [0.2, 0.25) is 0 Å². The van der Waals surface area contributed by atoms with E-state index in [0.717, 1.165) is 5.57 Å². The second kappa shape index (κ2) is 3.52. The van der Waals surface area contributed by atoms with Crippen molar-refractivity contribution in [2.24, 2.45) is 0 Å². The lowest BCUT2D eigenvalue weighted by atomic mass is 10.0. The maximum absolute atomic E-state index is 10.7. The number of hydrogen-bond acceptors (Lipinski definition) is 2. The van der Waals surface area contributed by atoms with Gasteiger partial charge in [-0.3, -0.25) is 4.79 Å². The van der Waals surface area contributed by atoms with Crippen LogP contribution in [0.4, 0.5) is 0 Å². The van der Waals surface area contributed by atoms with E-state index in [4.69, 9.17) is 5.11 Å². The van der Waals surface area contributed by atoms with Gasteiger partial charge in [0.1, 0.15) is 0 Å². The molecule has 0 aliphatic carbocycles. The topological polar surface area (TPSA) is 37.3 Å². The van der Waals surface area contributed by atoms with Crippen molar-refractivity contribution in [3.63, 3.8) is 0 Å². The molecule has 1 N–H and O–H groups in total. The molecule has 0 aliphatic rings. The fraction of sp³-hybridized carbons (Fsp3) is 0.625. The Morgan fingerprint density at radius 2 is 1.70 bits per heavy atom. The van der Waals surface area contributed by atoms with Crippen molar-refractivity contribution in [2.45, 2.75) is 33.8 Å². The highest BCUT2D eigenvalue weighted by molar-refractivity contribution is 5.93. The molecule has 0 heterocycles. The van der Waals surface area contributed by atoms with Gasteiger partial charge in [-0.15, -0.1) is 0 Å². The van der Waals surface area contributed by atoms with E-state index in [9.17, 15) is 4.79 Å². The van der Waals surface area contributed by atoms with Crippen LogP contribution in [0.15, 0.2) is 11.1 Å². The fourth-order valence-corrected chi connectivity index (χ4v) is 0.591. The first-order valence-electron chi connectivity index (χ1n) is 3.33. The third-order valence-corrected chi connectivity index (χ3v) is 1.75. The molecule has 0 aromatic heterocycles. The molecule has 1 unspecified atom stereocenters. The Morgan fingerprint density at radius 1 is 1.30 bits per heavy atom. The number of carbonyl (C=O) groups is 1. The Bertz CT molecular complexity index is 166. The van der Waals surface area contributed by atoms with Crippen molar-refractivity contribution in [3.05, 3.63) is 11.1 Å². The van der Waals surface area contributed by atoms with E-state index in [1.54, 1.807) is 20.8 Å². The molecule has 1 atom stereocenters. The van der Waals surface area contributed by atoms with Gasteiger partial charge in [-0.25, -0.2) is 0 Å². The van der Waals surface area contributed by atoms with Gasteiger partial charge in [-0.05, 0) is 38.8 Å². The highest BCUT2D eigenvalue weighted by atomic mass is 16.3. The van der Waals surface area contributed by atoms with Crippen LogP contribution in [-0.2, 0) is 4.79 Å². The predicted octanol–water partition coefficient (Wildman–Crippen LogP) is 1.29. The second-order valence-corrected chi connectivity index (χ2v) is 2.54. The van der Waals surface area contributed by atoms with Crippen molar-refractivity contribution in [3.8, 4) is 0 Å². The number of rotatable bonds is 2. The largest absolute Gasteiger partial charge is 0.389 e. The zero-order chi connectivity index (χ0) is 8.31. The normalized spacial score (nSPS) is 16.1. The number of hydrogen-bond donors (Lipinski definition) is 1. The lowest BCUT2D eigenvalue weighted by Gasteiger charge is -2.06. The summed E-state index contributed by atoms with van der Waals surface area (Å²) in [5, 5.41) is 9.03. The Labute approximate surface area is 61.6 Å². The van der Waals surface area contributed by atoms with Gasteiger partial charge in [-0.2, -0.15) is 0 Å². The monoisotopic (exact) mass is 142 g/mol. The van der Waals surface area contributed by atoms with Crippen LogP contribution in [-0.4, -0.2) is 17.0 Å². The molecule has 0 aromatic carbocycles. The molecule has 2 heteroatoms. The van der Waals surface area contributed by atoms with E-state index in [2.05, 4.69) is 0 Å². The molecular formula is C8H14O2. The molecule has 0 fully saturated rings. The van der Waals surface area contributed by atoms with Gasteiger partial charge in [0.15, 0.2) is 5.78 Å². The first kappa shape index (κ1) is 9.37. The van der Waals surface area contributed by atoms with E-state index in [0.29, 0.717) is 5.57 Å². The minimum atomic E-state index is -0.510. The fourth-order valence-electron chi connectivity index (χ4n) is 0.591. The van der Waals surface area contributed by atoms with Gasteiger partial charge in [0.05, 0.1) is 6.10 Å². The lowest BCUT2D eigenvalue weighted by molar-refractivity contribution is -0.113. The summed E-state index contributed by atoms with van der Waals surface area (Å²) >= 11 is 0. The number of carbonyl (C=O) groups excluding carboxylic acids is 1. The predicted molar refractivity (Wildman–Crippen MR) is 40.7 cm³/mol. The first-order valence-corrected chi connectivity index (χ1v) is 3.33. The third-order valence-electron chi connectivity index (χ3n) is 1.75. The lowest BCUT2D eigenvalue weighted by Crippen LogP contribution is -2.07. The number of allylic oxidation sites excluding steroid dienone is 1. The van der Waals surface area contributed by atoms with Crippen molar-refractivity contribution in [2.75, 3.05) is 0 Å². The Hall–Kier alpha value is -0.630. The van der Waals surface area contributed by atoms with Crippen LogP contribution < -0.4 is 0 Å². The Balaban J connectivity index is 4.50. The number of ketones is 1. The summed E-state index contributed by atoms with van der Waals surface area (Å²) in [4.78, 5) is 10.7. The highest BCUT2D eigenvalue weighted by Gasteiger charge is 2.05. The van der Waals surface area contributed by atoms with Crippen molar-refractivity contribution in [1.82, 2.24) is 0 Å². The molecule has 2 nitrogen and oxygen atoms in total. The van der Waals surface area contributed by atoms with Crippen molar-refractivity contribution in [1.29, 1.82) is 0 Å². The molecule has 0 radical (unpaired) electrons. The quantitative estimate of drug-likeness (QED) is 0.590. The van der Waals surface area contributed by atoms with Crippen LogP contribution in [0.25, 0.3) is 0 Å². The number of aliphatic hydroxyl groups excluding tert-OH is 1. The van der Waals surface area contributed by atoms with Crippen LogP contribution >= 0.6 is 0 Å². The van der Waals surface area contributed by atoms with Crippen LogP contribution in [0.2, 0.25) is 0 Å². The smallest absolute Gasteiger partial charge is 0.155 e. The molecule has 0 aromatic rings. The molecule has 0 amide bonds. The van der Waals surface area contributed by atoms with E-state index in [1.807, 2.05) is 0 Å². The van der Waals surface area contributed by atoms with Gasteiger partial charge < -0.3 is 5.11 Å². The molecule has 0 bridgehead atoms. The van der Waals surface area contributed by atoms with Crippen molar-refractivity contribution < 1.29 is 9.90 Å². The van der Waals surface area contributed by atoms with Gasteiger partial charge >= 0.3 is 0 Å². The average Bonchev–Trinajstić information content (AvgIpc) is 1.84. The number of aliphatic hydroxyl groups is 1. The molecule has 58 valence electrons. The van der Waals surface area contributed by atoms with E-state index < -0.39 is 6.10 Å². The van der Waals surface area contributed by atoms with Crippen LogP contribution in [0.1, 0.15) is 27.7 Å². The SMILES string of the molecule is CC(=O)C(C)=C(C)C(C)O. The molecule has 10 heavy (non-hydrogen) atoms. The molecule has 0 saturated heterocycles. The number of Topliss-reactive ketones (excluding diaryl/α,β-unsaturated/α-hetero) is 1. The summed E-state index contributed by atoms with van der Waals surface area (Å²) in [6.07, 6.45) is -0.510. The minimum absolute atomic E-state index is 0.0263. The van der Waals surface area contributed by atoms with Crippen LogP contribution in [0, 0.1) is 0 Å². The molecule has 0 spiro atoms.